The molecule has 2 aliphatic heterocycles. The predicted octanol–water partition coefficient (Wildman–Crippen LogP) is 11.0. The fourth-order valence-electron chi connectivity index (χ4n) is 10.2. The molecule has 2 saturated heterocycles. The van der Waals surface area contributed by atoms with Gasteiger partial charge in [-0.05, 0) is 57.8 Å². The summed E-state index contributed by atoms with van der Waals surface area (Å²) in [6.07, 6.45) is 41.9. The van der Waals surface area contributed by atoms with Crippen LogP contribution in [0.2, 0.25) is 0 Å². The SMILES string of the molecule is CCCCCCCC/C=C\CCCCCCCCCC(=O)NC(COC1OC(CO)C(OC2OC(CO)C(O)C(O)C2O)C(O)C1O)C(O)/C=C/CC/C=C/CCCCCCCCCCCCCCCCCCCCC. The van der Waals surface area contributed by atoms with E-state index in [1.165, 1.54) is 186 Å². The Morgan fingerprint density at radius 2 is 0.842 bits per heavy atom. The van der Waals surface area contributed by atoms with Crippen LogP contribution in [-0.4, -0.2) is 140 Å². The number of ether oxygens (including phenoxy) is 4. The van der Waals surface area contributed by atoms with Gasteiger partial charge in [0.05, 0.1) is 32.0 Å². The third kappa shape index (κ3) is 33.1. The third-order valence-corrected chi connectivity index (χ3v) is 15.3. The number of allylic oxidation sites excluding steroid dienone is 5. The van der Waals surface area contributed by atoms with Crippen molar-refractivity contribution in [2.75, 3.05) is 19.8 Å². The molecule has 2 heterocycles. The Hall–Kier alpha value is -1.79. The maximum absolute atomic E-state index is 13.3. The number of amides is 1. The van der Waals surface area contributed by atoms with Gasteiger partial charge >= 0.3 is 0 Å². The average Bonchev–Trinajstić information content (AvgIpc) is 3.42. The van der Waals surface area contributed by atoms with Crippen LogP contribution in [-0.2, 0) is 23.7 Å². The van der Waals surface area contributed by atoms with Crippen LogP contribution < -0.4 is 5.32 Å². The summed E-state index contributed by atoms with van der Waals surface area (Å²) in [5.41, 5.74) is 0. The Balaban J connectivity index is 1.76. The Morgan fingerprint density at radius 3 is 1.29 bits per heavy atom. The van der Waals surface area contributed by atoms with Crippen LogP contribution in [0.3, 0.4) is 0 Å². The van der Waals surface area contributed by atoms with Gasteiger partial charge in [0.1, 0.15) is 48.8 Å². The maximum atomic E-state index is 13.3. The van der Waals surface area contributed by atoms with Crippen molar-refractivity contribution in [1.82, 2.24) is 5.32 Å². The molecule has 0 bridgehead atoms. The van der Waals surface area contributed by atoms with Crippen molar-refractivity contribution in [2.24, 2.45) is 0 Å². The van der Waals surface area contributed by atoms with Gasteiger partial charge in [-0.2, -0.15) is 0 Å². The number of unbranched alkanes of at least 4 members (excludes halogenated alkanes) is 33. The average molecular weight is 1080 g/mol. The first kappa shape index (κ1) is 70.3. The zero-order valence-corrected chi connectivity index (χ0v) is 48.0. The fraction of sp³-hybridized carbons (Fsp3) is 0.887. The molecular formula is C62H115NO13. The van der Waals surface area contributed by atoms with Crippen LogP contribution in [0, 0.1) is 0 Å². The molecule has 9 N–H and O–H groups in total. The number of carbonyl (C=O) groups excluding carboxylic acids is 1. The molecule has 1 amide bonds. The van der Waals surface area contributed by atoms with Crippen molar-refractivity contribution in [3.63, 3.8) is 0 Å². The van der Waals surface area contributed by atoms with E-state index in [2.05, 4.69) is 43.5 Å². The van der Waals surface area contributed by atoms with Crippen LogP contribution in [0.5, 0.6) is 0 Å². The van der Waals surface area contributed by atoms with Gasteiger partial charge in [0.2, 0.25) is 5.91 Å². The van der Waals surface area contributed by atoms with Gasteiger partial charge in [-0.1, -0.05) is 230 Å². The normalized spacial score (nSPS) is 25.1. The van der Waals surface area contributed by atoms with Crippen LogP contribution in [0.25, 0.3) is 0 Å². The van der Waals surface area contributed by atoms with Crippen molar-refractivity contribution in [3.05, 3.63) is 36.5 Å². The molecule has 0 aromatic rings. The summed E-state index contributed by atoms with van der Waals surface area (Å²) in [4.78, 5) is 13.3. The smallest absolute Gasteiger partial charge is 0.220 e. The van der Waals surface area contributed by atoms with Crippen molar-refractivity contribution < 1.29 is 64.6 Å². The lowest BCUT2D eigenvalue weighted by Crippen LogP contribution is -2.65. The zero-order chi connectivity index (χ0) is 55.3. The van der Waals surface area contributed by atoms with Crippen LogP contribution in [0.1, 0.15) is 258 Å². The van der Waals surface area contributed by atoms with Crippen molar-refractivity contribution in [3.8, 4) is 0 Å². The lowest BCUT2D eigenvalue weighted by atomic mass is 9.97. The summed E-state index contributed by atoms with van der Waals surface area (Å²) in [6, 6.07) is -0.933. The van der Waals surface area contributed by atoms with Crippen LogP contribution >= 0.6 is 0 Å². The van der Waals surface area contributed by atoms with E-state index in [1.807, 2.05) is 6.08 Å². The van der Waals surface area contributed by atoms with E-state index >= 15 is 0 Å². The molecule has 12 atom stereocenters. The molecule has 2 aliphatic rings. The summed E-state index contributed by atoms with van der Waals surface area (Å²) in [5, 5.41) is 87.1. The van der Waals surface area contributed by atoms with E-state index in [0.717, 1.165) is 38.5 Å². The molecular weight excluding hydrogens is 967 g/mol. The van der Waals surface area contributed by atoms with Crippen molar-refractivity contribution >= 4 is 5.91 Å². The Morgan fingerprint density at radius 1 is 0.461 bits per heavy atom. The van der Waals surface area contributed by atoms with Gasteiger partial charge < -0.3 is 65.1 Å². The highest BCUT2D eigenvalue weighted by Gasteiger charge is 2.51. The largest absolute Gasteiger partial charge is 0.394 e. The highest BCUT2D eigenvalue weighted by atomic mass is 16.7. The predicted molar refractivity (Wildman–Crippen MR) is 305 cm³/mol. The number of hydrogen-bond acceptors (Lipinski definition) is 13. The molecule has 0 spiro atoms. The Kier molecular flexibility index (Phi) is 44.4. The summed E-state index contributed by atoms with van der Waals surface area (Å²) in [5.74, 6) is -0.252. The first-order chi connectivity index (χ1) is 37.1. The summed E-state index contributed by atoms with van der Waals surface area (Å²) < 4.78 is 22.8. The topological polar surface area (TPSA) is 228 Å². The molecule has 2 rings (SSSR count). The van der Waals surface area contributed by atoms with E-state index < -0.39 is 86.8 Å². The number of hydrogen-bond donors (Lipinski definition) is 9. The zero-order valence-electron chi connectivity index (χ0n) is 48.0. The second-order valence-corrected chi connectivity index (χ2v) is 22.2. The van der Waals surface area contributed by atoms with Gasteiger partial charge in [-0.25, -0.2) is 0 Å². The highest BCUT2D eigenvalue weighted by Crippen LogP contribution is 2.30. The fourth-order valence-corrected chi connectivity index (χ4v) is 10.2. The number of rotatable bonds is 50. The summed E-state index contributed by atoms with van der Waals surface area (Å²) >= 11 is 0. The molecule has 0 aromatic carbocycles. The second-order valence-electron chi connectivity index (χ2n) is 22.2. The van der Waals surface area contributed by atoms with Crippen LogP contribution in [0.4, 0.5) is 0 Å². The summed E-state index contributed by atoms with van der Waals surface area (Å²) in [6.45, 7) is 2.79. The maximum Gasteiger partial charge on any atom is 0.220 e. The van der Waals surface area contributed by atoms with Crippen molar-refractivity contribution in [1.29, 1.82) is 0 Å². The van der Waals surface area contributed by atoms with E-state index in [1.54, 1.807) is 6.08 Å². The van der Waals surface area contributed by atoms with Gasteiger partial charge in [0.25, 0.3) is 0 Å². The standard InChI is InChI=1S/C62H115NO13/c1-3-5-7-9-11-13-15-17-19-21-22-23-24-25-26-27-28-30-31-33-35-37-39-41-43-45-51(66)50(63-54(67)46-44-42-40-38-36-34-32-29-20-18-16-14-12-10-8-6-4-2)49-73-61-59(72)57(70)60(53(48-65)75-61)76-62-58(71)56(69)55(68)52(47-64)74-62/h18,20,35,37,43,45,50-53,55-62,64-66,68-72H,3-17,19,21-34,36,38-42,44,46-49H2,1-2H3,(H,63,67)/b20-18-,37-35+,45-43+. The lowest BCUT2D eigenvalue weighted by Gasteiger charge is -2.46. The highest BCUT2D eigenvalue weighted by molar-refractivity contribution is 5.76. The molecule has 0 aromatic heterocycles. The van der Waals surface area contributed by atoms with Crippen LogP contribution in [0.15, 0.2) is 36.5 Å². The molecule has 14 nitrogen and oxygen atoms in total. The lowest BCUT2D eigenvalue weighted by molar-refractivity contribution is -0.359. The molecule has 2 fully saturated rings. The van der Waals surface area contributed by atoms with Gasteiger partial charge in [-0.3, -0.25) is 4.79 Å². The number of aliphatic hydroxyl groups excluding tert-OH is 8. The monoisotopic (exact) mass is 1080 g/mol. The molecule has 0 saturated carbocycles. The van der Waals surface area contributed by atoms with E-state index in [4.69, 9.17) is 18.9 Å². The Bertz CT molecular complexity index is 1410. The van der Waals surface area contributed by atoms with Gasteiger partial charge in [0, 0.05) is 6.42 Å². The molecule has 14 heteroatoms. The molecule has 12 unspecified atom stereocenters. The molecule has 0 radical (unpaired) electrons. The van der Waals surface area contributed by atoms with Crippen molar-refractivity contribution in [2.45, 2.75) is 331 Å². The minimum absolute atomic E-state index is 0.252. The third-order valence-electron chi connectivity index (χ3n) is 15.3. The Labute approximate surface area is 461 Å². The molecule has 446 valence electrons. The first-order valence-electron chi connectivity index (χ1n) is 31.2. The second kappa shape index (κ2) is 48.0. The number of carbonyl (C=O) groups is 1. The number of aliphatic hydroxyl groups is 8. The minimum atomic E-state index is -1.79. The molecule has 76 heavy (non-hydrogen) atoms. The first-order valence-corrected chi connectivity index (χ1v) is 31.2. The minimum Gasteiger partial charge on any atom is -0.394 e. The number of nitrogens with one attached hydrogen (secondary N) is 1. The van der Waals surface area contributed by atoms with E-state index in [-0.39, 0.29) is 18.9 Å². The summed E-state index contributed by atoms with van der Waals surface area (Å²) in [7, 11) is 0. The van der Waals surface area contributed by atoms with E-state index in [0.29, 0.717) is 12.8 Å². The molecule has 0 aliphatic carbocycles. The van der Waals surface area contributed by atoms with Gasteiger partial charge in [0.15, 0.2) is 12.6 Å². The van der Waals surface area contributed by atoms with Gasteiger partial charge in [-0.15, -0.1) is 0 Å². The van der Waals surface area contributed by atoms with E-state index in [9.17, 15) is 45.6 Å². The quantitative estimate of drug-likeness (QED) is 0.0204.